The van der Waals surface area contributed by atoms with Crippen molar-refractivity contribution in [2.24, 2.45) is 0 Å². The highest BCUT2D eigenvalue weighted by molar-refractivity contribution is 6.03. The smallest absolute Gasteiger partial charge is 0.294 e. The number of benzene rings is 2. The molecular weight excluding hydrogens is 522 g/mol. The van der Waals surface area contributed by atoms with Crippen molar-refractivity contribution in [2.75, 3.05) is 70.1 Å². The van der Waals surface area contributed by atoms with E-state index >= 15 is 0 Å². The molecule has 0 saturated heterocycles. The molecule has 3 heterocycles. The van der Waals surface area contributed by atoms with Crippen LogP contribution in [0.3, 0.4) is 0 Å². The first-order chi connectivity index (χ1) is 19.2. The third-order valence-electron chi connectivity index (χ3n) is 7.16. The number of hydrogen-bond donors (Lipinski definition) is 1. The van der Waals surface area contributed by atoms with Crippen LogP contribution in [0.25, 0.3) is 22.2 Å². The molecule has 0 bridgehead atoms. The van der Waals surface area contributed by atoms with Gasteiger partial charge in [0.25, 0.3) is 5.69 Å². The quantitative estimate of drug-likeness (QED) is 0.228. The number of nitrogens with one attached hydrogen (secondary N) is 1. The third-order valence-corrected chi connectivity index (χ3v) is 7.16. The number of likely N-dealkylation sites (N-methyl/N-ethyl adjacent to an activating group) is 3. The number of rotatable bonds is 9. The molecule has 12 heteroatoms. The van der Waals surface area contributed by atoms with E-state index in [0.29, 0.717) is 34.9 Å². The molecule has 12 nitrogen and oxygen atoms in total. The van der Waals surface area contributed by atoms with Gasteiger partial charge in [-0.2, -0.15) is 5.26 Å². The maximum absolute atomic E-state index is 12.0. The molecule has 0 unspecified atom stereocenters. The Morgan fingerprint density at radius 1 is 1.22 bits per heavy atom. The zero-order chi connectivity index (χ0) is 28.6. The van der Waals surface area contributed by atoms with Gasteiger partial charge in [-0.1, -0.05) is 19.6 Å². The predicted octanol–water partition coefficient (Wildman–Crippen LogP) is 4.71. The number of anilines is 4. The van der Waals surface area contributed by atoms with Crippen LogP contribution in [0.5, 0.6) is 5.75 Å². The molecule has 41 heavy (non-hydrogen) atoms. The topological polar surface area (TPSA) is 129 Å². The Morgan fingerprint density at radius 3 is 2.68 bits per heavy atom. The Labute approximate surface area is 239 Å². The average Bonchev–Trinajstić information content (AvgIpc) is 3.33. The summed E-state index contributed by atoms with van der Waals surface area (Å²) < 4.78 is 7.78. The number of methoxy groups -OCH3 is 1. The maximum Gasteiger partial charge on any atom is 0.294 e. The number of nitro groups is 1. The number of hydrogen-bond acceptors (Lipinski definition) is 10. The first-order valence-corrected chi connectivity index (χ1v) is 12.8. The molecule has 0 spiro atoms. The molecule has 0 fully saturated rings. The largest absolute Gasteiger partial charge is 0.494 e. The fourth-order valence-corrected chi connectivity index (χ4v) is 4.99. The van der Waals surface area contributed by atoms with Crippen molar-refractivity contribution in [3.63, 3.8) is 0 Å². The molecule has 0 atom stereocenters. The van der Waals surface area contributed by atoms with E-state index in [0.717, 1.165) is 41.8 Å². The van der Waals surface area contributed by atoms with Gasteiger partial charge in [0.2, 0.25) is 5.95 Å². The second-order valence-corrected chi connectivity index (χ2v) is 10.0. The Bertz CT molecular complexity index is 1640. The number of para-hydroxylation sites is 1. The van der Waals surface area contributed by atoms with Crippen LogP contribution < -0.4 is 19.9 Å². The minimum Gasteiger partial charge on any atom is -0.494 e. The minimum atomic E-state index is -0.415. The Balaban J connectivity index is 0.00000387. The van der Waals surface area contributed by atoms with Gasteiger partial charge in [0.1, 0.15) is 17.5 Å². The Morgan fingerprint density at radius 2 is 2.00 bits per heavy atom. The van der Waals surface area contributed by atoms with Crippen LogP contribution >= 0.6 is 0 Å². The highest BCUT2D eigenvalue weighted by Crippen LogP contribution is 2.40. The molecule has 1 aliphatic rings. The van der Waals surface area contributed by atoms with Gasteiger partial charge in [0, 0.05) is 69.6 Å². The molecule has 1 aliphatic heterocycles. The van der Waals surface area contributed by atoms with Crippen molar-refractivity contribution in [1.82, 2.24) is 19.4 Å². The van der Waals surface area contributed by atoms with Crippen LogP contribution in [0, 0.1) is 21.4 Å². The van der Waals surface area contributed by atoms with Crippen molar-refractivity contribution < 1.29 is 9.66 Å². The molecule has 0 saturated carbocycles. The normalized spacial score (nSPS) is 12.2. The van der Waals surface area contributed by atoms with E-state index in [1.165, 1.54) is 19.4 Å². The summed E-state index contributed by atoms with van der Waals surface area (Å²) in [6.45, 7) is 3.02. The highest BCUT2D eigenvalue weighted by Gasteiger charge is 2.24. The Hall–Kier alpha value is -4.89. The van der Waals surface area contributed by atoms with E-state index in [4.69, 9.17) is 9.72 Å². The molecule has 1 N–H and O–H groups in total. The number of nitriles is 1. The minimum absolute atomic E-state index is 0. The SMILES string of the molecule is C.COc1cc(N(C)CCN(C)C)c([N+](=O)[O-])cc1Nc1ncc(C#N)c(-c2cn3c4c(cccc24)N(C)CC3)n1. The van der Waals surface area contributed by atoms with Crippen molar-refractivity contribution in [3.05, 3.63) is 58.4 Å². The van der Waals surface area contributed by atoms with Gasteiger partial charge in [-0.3, -0.25) is 10.1 Å². The van der Waals surface area contributed by atoms with Gasteiger partial charge in [0.05, 0.1) is 46.4 Å². The second kappa shape index (κ2) is 11.7. The van der Waals surface area contributed by atoms with Gasteiger partial charge < -0.3 is 29.3 Å². The Kier molecular flexibility index (Phi) is 8.30. The summed E-state index contributed by atoms with van der Waals surface area (Å²) in [5.74, 6) is 0.598. The number of nitro benzene ring substituents is 1. The lowest BCUT2D eigenvalue weighted by atomic mass is 10.1. The molecule has 0 amide bonds. The van der Waals surface area contributed by atoms with E-state index in [1.807, 2.05) is 49.3 Å². The first kappa shape index (κ1) is 29.1. The van der Waals surface area contributed by atoms with Crippen LogP contribution in [-0.4, -0.2) is 79.3 Å². The second-order valence-electron chi connectivity index (χ2n) is 10.0. The summed E-state index contributed by atoms with van der Waals surface area (Å²) in [5.41, 5.74) is 4.57. The lowest BCUT2D eigenvalue weighted by molar-refractivity contribution is -0.384. The first-order valence-electron chi connectivity index (χ1n) is 12.8. The van der Waals surface area contributed by atoms with Crippen molar-refractivity contribution >= 4 is 39.6 Å². The fraction of sp³-hybridized carbons (Fsp3) is 0.345. The zero-order valence-corrected chi connectivity index (χ0v) is 23.2. The van der Waals surface area contributed by atoms with E-state index in [1.54, 1.807) is 6.07 Å². The van der Waals surface area contributed by atoms with Gasteiger partial charge >= 0.3 is 0 Å². The van der Waals surface area contributed by atoms with E-state index in [9.17, 15) is 15.4 Å². The van der Waals surface area contributed by atoms with Gasteiger partial charge in [-0.05, 0) is 20.2 Å². The molecule has 2 aromatic carbocycles. The van der Waals surface area contributed by atoms with E-state index < -0.39 is 4.92 Å². The number of nitrogens with zero attached hydrogens (tertiary/aromatic N) is 8. The molecule has 4 aromatic rings. The van der Waals surface area contributed by atoms with E-state index in [-0.39, 0.29) is 19.1 Å². The summed E-state index contributed by atoms with van der Waals surface area (Å²) in [4.78, 5) is 26.7. The van der Waals surface area contributed by atoms with Crippen molar-refractivity contribution in [3.8, 4) is 23.1 Å². The predicted molar refractivity (Wildman–Crippen MR) is 162 cm³/mol. The number of ether oxygens (including phenoxy) is 1. The zero-order valence-electron chi connectivity index (χ0n) is 23.2. The van der Waals surface area contributed by atoms with Gasteiger partial charge in [-0.25, -0.2) is 9.97 Å². The molecule has 2 aromatic heterocycles. The standard InChI is InChI=1S/C28H31N9O3.CH4/c1-33(2)9-10-35(4)23-14-25(40-5)21(13-24(23)37(38)39)31-28-30-16-18(15-29)26(32-28)20-17-36-12-11-34(3)22-8-6-7-19(20)27(22)36;/h6-8,13-14,16-17H,9-12H2,1-5H3,(H,30,31,32);1H4. The summed E-state index contributed by atoms with van der Waals surface area (Å²) >= 11 is 0. The van der Waals surface area contributed by atoms with Crippen LogP contribution in [0.2, 0.25) is 0 Å². The molecule has 5 rings (SSSR count). The van der Waals surface area contributed by atoms with Crippen LogP contribution in [0.1, 0.15) is 13.0 Å². The van der Waals surface area contributed by atoms with Crippen molar-refractivity contribution in [1.29, 1.82) is 5.26 Å². The molecule has 214 valence electrons. The maximum atomic E-state index is 12.0. The molecule has 0 radical (unpaired) electrons. The van der Waals surface area contributed by atoms with Gasteiger partial charge in [-0.15, -0.1) is 0 Å². The summed E-state index contributed by atoms with van der Waals surface area (Å²) in [5, 5.41) is 26.0. The van der Waals surface area contributed by atoms with Gasteiger partial charge in [0.15, 0.2) is 0 Å². The lowest BCUT2D eigenvalue weighted by Crippen LogP contribution is -2.28. The monoisotopic (exact) mass is 557 g/mol. The van der Waals surface area contributed by atoms with Crippen LogP contribution in [-0.2, 0) is 6.54 Å². The summed E-state index contributed by atoms with van der Waals surface area (Å²) in [6.07, 6.45) is 3.49. The number of aromatic nitrogens is 3. The summed E-state index contributed by atoms with van der Waals surface area (Å²) in [7, 11) is 9.28. The van der Waals surface area contributed by atoms with Crippen molar-refractivity contribution in [2.45, 2.75) is 14.0 Å². The fourth-order valence-electron chi connectivity index (χ4n) is 4.99. The molecule has 0 aliphatic carbocycles. The van der Waals surface area contributed by atoms with E-state index in [2.05, 4.69) is 39.0 Å². The molecular formula is C29H35N9O3. The summed E-state index contributed by atoms with van der Waals surface area (Å²) in [6, 6.07) is 11.4. The highest BCUT2D eigenvalue weighted by atomic mass is 16.6. The third kappa shape index (κ3) is 5.44. The van der Waals surface area contributed by atoms with Crippen LogP contribution in [0.15, 0.2) is 42.7 Å². The van der Waals surface area contributed by atoms with Crippen LogP contribution in [0.4, 0.5) is 28.7 Å². The lowest BCUT2D eigenvalue weighted by Gasteiger charge is -2.26. The average molecular weight is 558 g/mol.